The van der Waals surface area contributed by atoms with Crippen LogP contribution in [0.5, 0.6) is 0 Å². The summed E-state index contributed by atoms with van der Waals surface area (Å²) in [5.41, 5.74) is 0.667. The topological polar surface area (TPSA) is 40.5 Å². The fourth-order valence-electron chi connectivity index (χ4n) is 2.45. The first kappa shape index (κ1) is 15.5. The van der Waals surface area contributed by atoms with Gasteiger partial charge in [-0.15, -0.1) is 0 Å². The van der Waals surface area contributed by atoms with Crippen LogP contribution < -0.4 is 0 Å². The molecule has 3 nitrogen and oxygen atoms in total. The summed E-state index contributed by atoms with van der Waals surface area (Å²) in [4.78, 5) is 14.1. The lowest BCUT2D eigenvalue weighted by molar-refractivity contribution is 0.0780. The van der Waals surface area contributed by atoms with Crippen molar-refractivity contribution in [3.8, 4) is 11.8 Å². The number of nitrogens with zero attached hydrogens (tertiary/aromatic N) is 1. The van der Waals surface area contributed by atoms with Gasteiger partial charge < -0.3 is 10.0 Å². The van der Waals surface area contributed by atoms with Crippen LogP contribution in [0.1, 0.15) is 36.2 Å². The standard InChI is InChI=1S/C17H20FNO2/c1-12-10-19(11-13(12)2)17(21)15-9-14(5-3-4-8-20)6-7-16(15)18/h6-7,9,12-13,20H,4,8,10-11H2,1-2H3. The molecule has 2 atom stereocenters. The van der Waals surface area contributed by atoms with Crippen molar-refractivity contribution in [1.29, 1.82) is 0 Å². The summed E-state index contributed by atoms with van der Waals surface area (Å²) in [7, 11) is 0. The number of aliphatic hydroxyl groups excluding tert-OH is 1. The summed E-state index contributed by atoms with van der Waals surface area (Å²) in [5, 5.41) is 8.70. The van der Waals surface area contributed by atoms with Gasteiger partial charge in [0.1, 0.15) is 5.82 Å². The first-order valence-corrected chi connectivity index (χ1v) is 7.21. The van der Waals surface area contributed by atoms with Gasteiger partial charge in [0, 0.05) is 25.1 Å². The summed E-state index contributed by atoms with van der Waals surface area (Å²) in [6.07, 6.45) is 0.363. The second kappa shape index (κ2) is 6.73. The summed E-state index contributed by atoms with van der Waals surface area (Å²) in [6, 6.07) is 4.32. The van der Waals surface area contributed by atoms with Gasteiger partial charge in [-0.2, -0.15) is 0 Å². The Labute approximate surface area is 124 Å². The number of carbonyl (C=O) groups is 1. The largest absolute Gasteiger partial charge is 0.395 e. The van der Waals surface area contributed by atoms with E-state index in [1.807, 2.05) is 0 Å². The third kappa shape index (κ3) is 3.62. The molecule has 1 aliphatic rings. The summed E-state index contributed by atoms with van der Waals surface area (Å²) >= 11 is 0. The minimum Gasteiger partial charge on any atom is -0.395 e. The highest BCUT2D eigenvalue weighted by molar-refractivity contribution is 5.95. The van der Waals surface area contributed by atoms with Crippen molar-refractivity contribution in [2.75, 3.05) is 19.7 Å². The predicted octanol–water partition coefficient (Wildman–Crippen LogP) is 2.29. The van der Waals surface area contributed by atoms with Crippen molar-refractivity contribution >= 4 is 5.91 Å². The first-order valence-electron chi connectivity index (χ1n) is 7.21. The van der Waals surface area contributed by atoms with Gasteiger partial charge in [0.25, 0.3) is 5.91 Å². The van der Waals surface area contributed by atoms with Crippen molar-refractivity contribution in [1.82, 2.24) is 4.90 Å². The van der Waals surface area contributed by atoms with Crippen LogP contribution in [0.4, 0.5) is 4.39 Å². The number of rotatable bonds is 2. The van der Waals surface area contributed by atoms with Gasteiger partial charge in [-0.1, -0.05) is 25.7 Å². The normalized spacial score (nSPS) is 21.0. The Hall–Kier alpha value is -1.86. The molecule has 0 spiro atoms. The van der Waals surface area contributed by atoms with Gasteiger partial charge in [0.05, 0.1) is 12.2 Å². The molecule has 1 heterocycles. The number of likely N-dealkylation sites (tertiary alicyclic amines) is 1. The van der Waals surface area contributed by atoms with Crippen molar-refractivity contribution in [3.63, 3.8) is 0 Å². The average Bonchev–Trinajstić information content (AvgIpc) is 2.80. The Morgan fingerprint density at radius 2 is 2.05 bits per heavy atom. The third-order valence-electron chi connectivity index (χ3n) is 3.94. The van der Waals surface area contributed by atoms with Crippen LogP contribution in [-0.4, -0.2) is 35.6 Å². The first-order chi connectivity index (χ1) is 10.0. The van der Waals surface area contributed by atoms with E-state index in [0.717, 1.165) is 0 Å². The molecule has 1 fully saturated rings. The highest BCUT2D eigenvalue weighted by atomic mass is 19.1. The van der Waals surface area contributed by atoms with Crippen molar-refractivity contribution in [2.45, 2.75) is 20.3 Å². The van der Waals surface area contributed by atoms with Gasteiger partial charge in [0.15, 0.2) is 0 Å². The lowest BCUT2D eigenvalue weighted by Gasteiger charge is -2.16. The van der Waals surface area contributed by atoms with E-state index in [-0.39, 0.29) is 18.1 Å². The van der Waals surface area contributed by atoms with E-state index in [1.165, 1.54) is 12.1 Å². The Bertz CT molecular complexity index is 578. The number of halogens is 1. The van der Waals surface area contributed by atoms with Gasteiger partial charge >= 0.3 is 0 Å². The molecular weight excluding hydrogens is 269 g/mol. The Balaban J connectivity index is 2.21. The highest BCUT2D eigenvalue weighted by Gasteiger charge is 2.30. The molecule has 1 saturated heterocycles. The van der Waals surface area contributed by atoms with Crippen molar-refractivity contribution < 1.29 is 14.3 Å². The second-order valence-corrected chi connectivity index (χ2v) is 5.63. The molecule has 0 saturated carbocycles. The summed E-state index contributed by atoms with van der Waals surface area (Å²) < 4.78 is 13.9. The number of carbonyl (C=O) groups excluding carboxylic acids is 1. The summed E-state index contributed by atoms with van der Waals surface area (Å²) in [6.45, 7) is 5.53. The maximum Gasteiger partial charge on any atom is 0.256 e. The monoisotopic (exact) mass is 289 g/mol. The average molecular weight is 289 g/mol. The molecule has 0 aliphatic carbocycles. The van der Waals surface area contributed by atoms with Crippen LogP contribution in [0.25, 0.3) is 0 Å². The zero-order valence-corrected chi connectivity index (χ0v) is 12.4. The van der Waals surface area contributed by atoms with E-state index in [1.54, 1.807) is 11.0 Å². The number of aliphatic hydroxyl groups is 1. The molecule has 1 aliphatic heterocycles. The van der Waals surface area contributed by atoms with E-state index in [0.29, 0.717) is 36.9 Å². The molecule has 1 aromatic rings. The van der Waals surface area contributed by atoms with Crippen molar-refractivity contribution in [3.05, 3.63) is 35.1 Å². The summed E-state index contributed by atoms with van der Waals surface area (Å²) in [5.74, 6) is 5.69. The van der Waals surface area contributed by atoms with Crippen LogP contribution in [0.15, 0.2) is 18.2 Å². The minimum absolute atomic E-state index is 0.0104. The van der Waals surface area contributed by atoms with Gasteiger partial charge in [-0.05, 0) is 30.0 Å². The zero-order chi connectivity index (χ0) is 15.4. The maximum absolute atomic E-state index is 13.9. The van der Waals surface area contributed by atoms with Crippen LogP contribution in [0.3, 0.4) is 0 Å². The molecule has 0 radical (unpaired) electrons. The van der Waals surface area contributed by atoms with Crippen molar-refractivity contribution in [2.24, 2.45) is 11.8 Å². The Kier molecular flexibility index (Phi) is 4.98. The Morgan fingerprint density at radius 1 is 1.38 bits per heavy atom. The Morgan fingerprint density at radius 3 is 2.67 bits per heavy atom. The molecule has 1 amide bonds. The molecule has 2 rings (SSSR count). The molecule has 112 valence electrons. The van der Waals surface area contributed by atoms with Gasteiger partial charge in [-0.3, -0.25) is 4.79 Å². The lowest BCUT2D eigenvalue weighted by atomic mass is 10.0. The third-order valence-corrected chi connectivity index (χ3v) is 3.94. The zero-order valence-electron chi connectivity index (χ0n) is 12.4. The molecule has 4 heteroatoms. The SMILES string of the molecule is CC1CN(C(=O)c2cc(C#CCCO)ccc2F)CC1C. The number of benzene rings is 1. The van der Waals surface area contributed by atoms with Crippen LogP contribution in [0.2, 0.25) is 0 Å². The van der Waals surface area contributed by atoms with Crippen LogP contribution in [0, 0.1) is 29.5 Å². The molecule has 1 aromatic carbocycles. The van der Waals surface area contributed by atoms with E-state index >= 15 is 0 Å². The number of hydrogen-bond acceptors (Lipinski definition) is 2. The quantitative estimate of drug-likeness (QED) is 0.849. The van der Waals surface area contributed by atoms with Crippen LogP contribution in [-0.2, 0) is 0 Å². The van der Waals surface area contributed by atoms with Gasteiger partial charge in [-0.25, -0.2) is 4.39 Å². The van der Waals surface area contributed by atoms with Gasteiger partial charge in [0.2, 0.25) is 0 Å². The molecule has 0 bridgehead atoms. The van der Waals surface area contributed by atoms with E-state index < -0.39 is 5.82 Å². The molecule has 0 aromatic heterocycles. The second-order valence-electron chi connectivity index (χ2n) is 5.63. The number of amides is 1. The van der Waals surface area contributed by atoms with E-state index in [4.69, 9.17) is 5.11 Å². The lowest BCUT2D eigenvalue weighted by Crippen LogP contribution is -2.29. The predicted molar refractivity (Wildman–Crippen MR) is 79.2 cm³/mol. The number of hydrogen-bond donors (Lipinski definition) is 1. The minimum atomic E-state index is -0.514. The smallest absolute Gasteiger partial charge is 0.256 e. The molecule has 21 heavy (non-hydrogen) atoms. The molecule has 1 N–H and O–H groups in total. The van der Waals surface area contributed by atoms with Crippen LogP contribution >= 0.6 is 0 Å². The van der Waals surface area contributed by atoms with E-state index in [9.17, 15) is 9.18 Å². The molecule has 2 unspecified atom stereocenters. The fourth-order valence-corrected chi connectivity index (χ4v) is 2.45. The highest BCUT2D eigenvalue weighted by Crippen LogP contribution is 2.24. The maximum atomic E-state index is 13.9. The van der Waals surface area contributed by atoms with E-state index in [2.05, 4.69) is 25.7 Å². The molecular formula is C17H20FNO2. The fraction of sp³-hybridized carbons (Fsp3) is 0.471.